The normalized spacial score (nSPS) is 23.3. The molecule has 4 aliphatic carbocycles. The number of carbonyl (C=O) groups is 2. The van der Waals surface area contributed by atoms with E-state index in [0.717, 1.165) is 67.9 Å². The highest BCUT2D eigenvalue weighted by Crippen LogP contribution is 2.63. The lowest BCUT2D eigenvalue weighted by Gasteiger charge is -2.40. The molecule has 41 heavy (non-hydrogen) atoms. The van der Waals surface area contributed by atoms with Gasteiger partial charge in [-0.3, -0.25) is 4.79 Å². The Morgan fingerprint density at radius 1 is 1.15 bits per heavy atom. The van der Waals surface area contributed by atoms with Gasteiger partial charge in [0, 0.05) is 41.6 Å². The molecule has 6 nitrogen and oxygen atoms in total. The number of rotatable bonds is 7. The summed E-state index contributed by atoms with van der Waals surface area (Å²) < 4.78 is 2.21. The van der Waals surface area contributed by atoms with Crippen LogP contribution < -0.4 is 4.90 Å². The van der Waals surface area contributed by atoms with E-state index < -0.39 is 5.97 Å². The summed E-state index contributed by atoms with van der Waals surface area (Å²) in [6, 6.07) is 1.92. The third-order valence-corrected chi connectivity index (χ3v) is 12.5. The van der Waals surface area contributed by atoms with Crippen LogP contribution in [-0.4, -0.2) is 37.8 Å². The summed E-state index contributed by atoms with van der Waals surface area (Å²) >= 11 is 3.12. The number of imidazole rings is 1. The minimum absolute atomic E-state index is 0.0140. The number of aromatic carboxylic acids is 1. The molecule has 4 saturated carbocycles. The third-order valence-electron chi connectivity index (χ3n) is 10.0. The summed E-state index contributed by atoms with van der Waals surface area (Å²) in [5.74, 6) is 5.62. The number of anilines is 1. The van der Waals surface area contributed by atoms with Gasteiger partial charge in [-0.1, -0.05) is 23.6 Å². The van der Waals surface area contributed by atoms with Crippen LogP contribution in [0.15, 0.2) is 23.6 Å². The summed E-state index contributed by atoms with van der Waals surface area (Å²) in [7, 11) is 0. The van der Waals surface area contributed by atoms with Crippen LogP contribution >= 0.6 is 23.1 Å². The summed E-state index contributed by atoms with van der Waals surface area (Å²) in [5, 5.41) is 11.9. The number of thioether (sulfide) groups is 1. The number of thiophene rings is 1. The zero-order chi connectivity index (χ0) is 29.0. The molecule has 4 aliphatic rings. The van der Waals surface area contributed by atoms with E-state index >= 15 is 0 Å². The molecule has 2 spiro atoms. The molecule has 220 valence electrons. The van der Waals surface area contributed by atoms with E-state index in [1.807, 2.05) is 28.9 Å². The van der Waals surface area contributed by atoms with Crippen LogP contribution in [0.1, 0.15) is 113 Å². The van der Waals surface area contributed by atoms with Gasteiger partial charge in [0.25, 0.3) is 0 Å². The first-order valence-electron chi connectivity index (χ1n) is 15.4. The van der Waals surface area contributed by atoms with E-state index in [2.05, 4.69) is 55.3 Å². The number of carboxylic acid groups (broad SMARTS) is 1. The van der Waals surface area contributed by atoms with Crippen molar-refractivity contribution >= 4 is 40.7 Å². The summed E-state index contributed by atoms with van der Waals surface area (Å²) in [5.41, 5.74) is 1.21. The van der Waals surface area contributed by atoms with Gasteiger partial charge in [-0.15, -0.1) is 11.3 Å². The lowest BCUT2D eigenvalue weighted by atomic mass is 9.78. The topological polar surface area (TPSA) is 75.4 Å². The molecule has 2 aromatic heterocycles. The van der Waals surface area contributed by atoms with E-state index in [1.54, 1.807) is 0 Å². The molecule has 0 saturated heterocycles. The quantitative estimate of drug-likeness (QED) is 0.331. The summed E-state index contributed by atoms with van der Waals surface area (Å²) in [6.07, 6.45) is 15.9. The second-order valence-corrected chi connectivity index (χ2v) is 16.2. The summed E-state index contributed by atoms with van der Waals surface area (Å²) in [4.78, 5) is 34.3. The van der Waals surface area contributed by atoms with Crippen molar-refractivity contribution in [2.24, 2.45) is 22.2 Å². The molecule has 1 unspecified atom stereocenters. The predicted octanol–water partition coefficient (Wildman–Crippen LogP) is 7.86. The fraction of sp³-hybridized carbons (Fsp3) is 0.667. The first-order chi connectivity index (χ1) is 19.5. The van der Waals surface area contributed by atoms with Crippen molar-refractivity contribution in [1.29, 1.82) is 0 Å². The second-order valence-electron chi connectivity index (χ2n) is 14.0. The zero-order valence-corrected chi connectivity index (χ0v) is 26.5. The van der Waals surface area contributed by atoms with Crippen LogP contribution in [0.3, 0.4) is 0 Å². The Kier molecular flexibility index (Phi) is 7.60. The molecule has 1 amide bonds. The zero-order valence-electron chi connectivity index (χ0n) is 24.9. The SMILES string of the molecule is CCn1ccnc1SC1CC12CCC(N(C(=O)C1CCC3(CC1)CC3)c1cc(C#CC(C)(C)C)sc1C(=O)O)CC2. The number of amides is 1. The van der Waals surface area contributed by atoms with Crippen LogP contribution in [0.25, 0.3) is 0 Å². The predicted molar refractivity (Wildman–Crippen MR) is 166 cm³/mol. The van der Waals surface area contributed by atoms with E-state index in [9.17, 15) is 14.7 Å². The minimum Gasteiger partial charge on any atom is -0.477 e. The van der Waals surface area contributed by atoms with Crippen LogP contribution in [0.4, 0.5) is 5.69 Å². The fourth-order valence-electron chi connectivity index (χ4n) is 7.09. The Labute approximate surface area is 252 Å². The van der Waals surface area contributed by atoms with Gasteiger partial charge >= 0.3 is 5.97 Å². The van der Waals surface area contributed by atoms with Crippen LogP contribution in [0.2, 0.25) is 0 Å². The van der Waals surface area contributed by atoms with Crippen molar-refractivity contribution < 1.29 is 14.7 Å². The van der Waals surface area contributed by atoms with Gasteiger partial charge in [-0.25, -0.2) is 9.78 Å². The number of hydrogen-bond donors (Lipinski definition) is 1. The van der Waals surface area contributed by atoms with E-state index in [0.29, 0.717) is 21.8 Å². The lowest BCUT2D eigenvalue weighted by molar-refractivity contribution is -0.124. The second kappa shape index (κ2) is 10.8. The number of nitrogens with zero attached hydrogens (tertiary/aromatic N) is 3. The molecular formula is C33H43N3O3S2. The molecule has 0 aliphatic heterocycles. The molecule has 4 fully saturated rings. The van der Waals surface area contributed by atoms with E-state index in [1.165, 1.54) is 30.6 Å². The van der Waals surface area contributed by atoms with Crippen LogP contribution in [-0.2, 0) is 11.3 Å². The number of aromatic nitrogens is 2. The van der Waals surface area contributed by atoms with Crippen molar-refractivity contribution in [3.8, 4) is 11.8 Å². The van der Waals surface area contributed by atoms with Crippen molar-refractivity contribution in [3.63, 3.8) is 0 Å². The Hall–Kier alpha value is -2.24. The van der Waals surface area contributed by atoms with Gasteiger partial charge < -0.3 is 14.6 Å². The van der Waals surface area contributed by atoms with Gasteiger partial charge in [0.15, 0.2) is 5.16 Å². The van der Waals surface area contributed by atoms with E-state index in [4.69, 9.17) is 0 Å². The largest absolute Gasteiger partial charge is 0.477 e. The average Bonchev–Trinajstić information content (AvgIpc) is 3.69. The highest BCUT2D eigenvalue weighted by molar-refractivity contribution is 8.00. The van der Waals surface area contributed by atoms with Crippen LogP contribution in [0.5, 0.6) is 0 Å². The molecule has 1 atom stereocenters. The van der Waals surface area contributed by atoms with Crippen molar-refractivity contribution in [2.45, 2.75) is 121 Å². The molecule has 8 heteroatoms. The monoisotopic (exact) mass is 593 g/mol. The molecule has 1 N–H and O–H groups in total. The Morgan fingerprint density at radius 3 is 2.46 bits per heavy atom. The highest BCUT2D eigenvalue weighted by Gasteiger charge is 2.57. The van der Waals surface area contributed by atoms with Crippen LogP contribution in [0, 0.1) is 34.0 Å². The smallest absolute Gasteiger partial charge is 0.348 e. The average molecular weight is 594 g/mol. The molecule has 6 rings (SSSR count). The molecule has 0 radical (unpaired) electrons. The first-order valence-corrected chi connectivity index (χ1v) is 17.1. The highest BCUT2D eigenvalue weighted by atomic mass is 32.2. The van der Waals surface area contributed by atoms with Gasteiger partial charge in [0.2, 0.25) is 5.91 Å². The Balaban J connectivity index is 1.24. The fourth-order valence-corrected chi connectivity index (χ4v) is 9.53. The third kappa shape index (κ3) is 5.99. The molecule has 2 heterocycles. The van der Waals surface area contributed by atoms with Gasteiger partial charge in [0.1, 0.15) is 4.88 Å². The molecular weight excluding hydrogens is 551 g/mol. The van der Waals surface area contributed by atoms with Crippen molar-refractivity contribution in [3.05, 3.63) is 28.2 Å². The Morgan fingerprint density at radius 2 is 1.85 bits per heavy atom. The van der Waals surface area contributed by atoms with Crippen molar-refractivity contribution in [1.82, 2.24) is 9.55 Å². The molecule has 2 aromatic rings. The van der Waals surface area contributed by atoms with E-state index in [-0.39, 0.29) is 28.2 Å². The first kappa shape index (κ1) is 28.9. The van der Waals surface area contributed by atoms with Gasteiger partial charge in [0.05, 0.1) is 10.6 Å². The number of carbonyl (C=O) groups excluding carboxylic acids is 1. The summed E-state index contributed by atoms with van der Waals surface area (Å²) in [6.45, 7) is 9.23. The molecule has 0 bridgehead atoms. The standard InChI is InChI=1S/C33H43N3O3S2/c1-5-35-19-18-34-30(35)41-26-21-33(26)14-8-23(9-15-33)36(28(37)22-6-12-32(13-7-22)16-17-32)25-20-24(10-11-31(2,3)4)40-27(25)29(38)39/h18-20,22-23,26H,5-9,12-17,21H2,1-4H3,(H,38,39). The van der Waals surface area contributed by atoms with Crippen molar-refractivity contribution in [2.75, 3.05) is 4.90 Å². The lowest BCUT2D eigenvalue weighted by Crippen LogP contribution is -2.47. The van der Waals surface area contributed by atoms with Gasteiger partial charge in [-0.05, 0) is 115 Å². The maximum Gasteiger partial charge on any atom is 0.348 e. The molecule has 0 aromatic carbocycles. The van der Waals surface area contributed by atoms with Gasteiger partial charge in [-0.2, -0.15) is 0 Å². The number of carboxylic acids is 1. The minimum atomic E-state index is -0.968. The maximum atomic E-state index is 14.3. The maximum absolute atomic E-state index is 14.3. The number of aryl methyl sites for hydroxylation is 1. The number of hydrogen-bond acceptors (Lipinski definition) is 5. The Bertz CT molecular complexity index is 1370.